The Hall–Kier alpha value is -5.49. The highest BCUT2D eigenvalue weighted by Gasteiger charge is 2.19. The van der Waals surface area contributed by atoms with Crippen LogP contribution in [0.15, 0.2) is 182 Å². The van der Waals surface area contributed by atoms with Gasteiger partial charge in [0.2, 0.25) is 0 Å². The second-order valence-corrected chi connectivity index (χ2v) is 21.3. The second-order valence-electron chi connectivity index (χ2n) is 21.3. The van der Waals surface area contributed by atoms with Crippen molar-refractivity contribution in [1.29, 1.82) is 0 Å². The first-order valence-corrected chi connectivity index (χ1v) is 33.3. The van der Waals surface area contributed by atoms with Gasteiger partial charge >= 0.3 is 17.9 Å². The summed E-state index contributed by atoms with van der Waals surface area (Å²) >= 11 is 0. The zero-order valence-electron chi connectivity index (χ0n) is 53.1. The van der Waals surface area contributed by atoms with Crippen LogP contribution in [0.1, 0.15) is 265 Å². The van der Waals surface area contributed by atoms with Crippen LogP contribution in [0.5, 0.6) is 0 Å². The Morgan fingerprint density at radius 2 is 0.470 bits per heavy atom. The maximum Gasteiger partial charge on any atom is 0.306 e. The van der Waals surface area contributed by atoms with Crippen molar-refractivity contribution in [3.05, 3.63) is 182 Å². The van der Waals surface area contributed by atoms with Crippen LogP contribution >= 0.6 is 0 Å². The van der Waals surface area contributed by atoms with E-state index in [2.05, 4.69) is 203 Å². The van der Waals surface area contributed by atoms with Gasteiger partial charge in [-0.1, -0.05) is 267 Å². The highest BCUT2D eigenvalue weighted by atomic mass is 16.6. The highest BCUT2D eigenvalue weighted by Crippen LogP contribution is 2.13. The third-order valence-corrected chi connectivity index (χ3v) is 13.4. The van der Waals surface area contributed by atoms with Crippen LogP contribution in [0.3, 0.4) is 0 Å². The largest absolute Gasteiger partial charge is 0.462 e. The Morgan fingerprint density at radius 3 is 0.771 bits per heavy atom. The predicted octanol–water partition coefficient (Wildman–Crippen LogP) is 23.2. The molecular weight excluding hydrogens is 1020 g/mol. The zero-order chi connectivity index (χ0) is 59.9. The number of hydrogen-bond acceptors (Lipinski definition) is 6. The number of carbonyl (C=O) groups excluding carboxylic acids is 3. The first-order chi connectivity index (χ1) is 41.0. The molecule has 1 unspecified atom stereocenters. The fourth-order valence-corrected chi connectivity index (χ4v) is 8.46. The molecule has 0 aliphatic rings. The zero-order valence-corrected chi connectivity index (χ0v) is 53.1. The summed E-state index contributed by atoms with van der Waals surface area (Å²) in [5.74, 6) is -0.997. The minimum Gasteiger partial charge on any atom is -0.462 e. The van der Waals surface area contributed by atoms with Crippen molar-refractivity contribution >= 4 is 17.9 Å². The lowest BCUT2D eigenvalue weighted by molar-refractivity contribution is -0.167. The van der Waals surface area contributed by atoms with Gasteiger partial charge in [-0.25, -0.2) is 0 Å². The standard InChI is InChI=1S/C77H120O6/c1-4-7-10-13-16-19-22-25-28-30-31-32-33-34-35-36-37-38-39-40-41-42-43-44-45-47-49-52-55-58-61-64-67-70-76(79)82-73-74(72-81-75(78)69-66-63-60-57-54-51-48-27-24-21-18-15-12-9-6-3)83-77(80)71-68-65-62-59-56-53-50-46-29-26-23-20-17-14-11-8-5-2/h7-8,10-11,16-17,19-20,25-29,31-32,34-35,37-38,40-41,43-44,47-50,53,55,58,74H,4-6,9,12-15,18,21-24,30,33,36,39,42,45-46,51-52,54,56-57,59-73H2,1-3H3/b10-7-,11-8-,19-16-,20-17-,28-25-,29-26-,32-31-,35-34-,38-37-,41-40-,44-43-,48-27-,49-47-,53-50-,58-55-. The predicted molar refractivity (Wildman–Crippen MR) is 361 cm³/mol. The minimum atomic E-state index is -0.824. The fourth-order valence-electron chi connectivity index (χ4n) is 8.46. The highest BCUT2D eigenvalue weighted by molar-refractivity contribution is 5.71. The van der Waals surface area contributed by atoms with Gasteiger partial charge in [0.1, 0.15) is 13.2 Å². The van der Waals surface area contributed by atoms with E-state index in [1.54, 1.807) is 0 Å². The molecule has 6 heteroatoms. The molecule has 0 spiro atoms. The van der Waals surface area contributed by atoms with Gasteiger partial charge in [-0.3, -0.25) is 14.4 Å². The SMILES string of the molecule is CC/C=C\C/C=C\C/C=C\C/C=C\C/C=C\C/C=C\C/C=C\C/C=C\C/C=C\C/C=C\CCCCC(=O)OCC(COC(=O)CCCCCCC/C=C\CCCCCCCC)OC(=O)CCCCCC/C=C\C/C=C\C/C=C\C/C=C\CC. The van der Waals surface area contributed by atoms with Crippen molar-refractivity contribution in [3.8, 4) is 0 Å². The molecule has 0 aliphatic heterocycles. The topological polar surface area (TPSA) is 78.9 Å². The van der Waals surface area contributed by atoms with Gasteiger partial charge in [-0.15, -0.1) is 0 Å². The van der Waals surface area contributed by atoms with E-state index < -0.39 is 6.10 Å². The molecule has 0 aromatic rings. The normalized spacial score (nSPS) is 13.3. The molecule has 0 heterocycles. The van der Waals surface area contributed by atoms with E-state index in [4.69, 9.17) is 14.2 Å². The summed E-state index contributed by atoms with van der Waals surface area (Å²) in [7, 11) is 0. The van der Waals surface area contributed by atoms with Crippen LogP contribution in [0.25, 0.3) is 0 Å². The summed E-state index contributed by atoms with van der Waals surface area (Å²) in [5.41, 5.74) is 0. The van der Waals surface area contributed by atoms with Gasteiger partial charge in [0, 0.05) is 19.3 Å². The number of rotatable bonds is 58. The van der Waals surface area contributed by atoms with Crippen LogP contribution in [-0.4, -0.2) is 37.2 Å². The molecule has 464 valence electrons. The molecule has 1 atom stereocenters. The molecule has 0 aromatic heterocycles. The Balaban J connectivity index is 4.46. The van der Waals surface area contributed by atoms with Crippen LogP contribution < -0.4 is 0 Å². The minimum absolute atomic E-state index is 0.114. The van der Waals surface area contributed by atoms with E-state index in [0.717, 1.165) is 167 Å². The average Bonchev–Trinajstić information content (AvgIpc) is 3.49. The van der Waals surface area contributed by atoms with Crippen LogP contribution in [-0.2, 0) is 28.6 Å². The Labute approximate surface area is 510 Å². The van der Waals surface area contributed by atoms with Crippen molar-refractivity contribution in [3.63, 3.8) is 0 Å². The molecule has 6 nitrogen and oxygen atoms in total. The van der Waals surface area contributed by atoms with E-state index >= 15 is 0 Å². The third kappa shape index (κ3) is 67.2. The molecule has 0 rings (SSSR count). The van der Waals surface area contributed by atoms with Gasteiger partial charge in [0.05, 0.1) is 0 Å². The molecule has 0 saturated heterocycles. The number of carbonyl (C=O) groups is 3. The summed E-state index contributed by atoms with van der Waals surface area (Å²) in [5, 5.41) is 0. The second kappa shape index (κ2) is 69.0. The summed E-state index contributed by atoms with van der Waals surface area (Å²) in [6.07, 6.45) is 103. The van der Waals surface area contributed by atoms with Crippen molar-refractivity contribution < 1.29 is 28.6 Å². The number of allylic oxidation sites excluding steroid dienone is 30. The third-order valence-electron chi connectivity index (χ3n) is 13.4. The molecule has 83 heavy (non-hydrogen) atoms. The van der Waals surface area contributed by atoms with E-state index in [-0.39, 0.29) is 44.0 Å². The quantitative estimate of drug-likeness (QED) is 0.0261. The first-order valence-electron chi connectivity index (χ1n) is 33.3. The maximum atomic E-state index is 12.9. The number of ether oxygens (including phenoxy) is 3. The van der Waals surface area contributed by atoms with E-state index in [9.17, 15) is 14.4 Å². The summed E-state index contributed by atoms with van der Waals surface area (Å²) in [6, 6.07) is 0. The van der Waals surface area contributed by atoms with Crippen LogP contribution in [0.4, 0.5) is 0 Å². The lowest BCUT2D eigenvalue weighted by atomic mass is 10.1. The van der Waals surface area contributed by atoms with Gasteiger partial charge in [0.25, 0.3) is 0 Å². The Bertz CT molecular complexity index is 1940. The maximum absolute atomic E-state index is 12.9. The lowest BCUT2D eigenvalue weighted by Gasteiger charge is -2.18. The monoisotopic (exact) mass is 1140 g/mol. The van der Waals surface area contributed by atoms with Crippen molar-refractivity contribution in [1.82, 2.24) is 0 Å². The van der Waals surface area contributed by atoms with Gasteiger partial charge in [-0.2, -0.15) is 0 Å². The van der Waals surface area contributed by atoms with Crippen LogP contribution in [0.2, 0.25) is 0 Å². The summed E-state index contributed by atoms with van der Waals surface area (Å²) < 4.78 is 16.9. The first kappa shape index (κ1) is 77.5. The van der Waals surface area contributed by atoms with E-state index in [1.165, 1.54) is 51.4 Å². The Kier molecular flexibility index (Phi) is 64.4. The van der Waals surface area contributed by atoms with Gasteiger partial charge in [0.15, 0.2) is 6.10 Å². The molecule has 0 aliphatic carbocycles. The number of esters is 3. The fraction of sp³-hybridized carbons (Fsp3) is 0.571. The molecular formula is C77H120O6. The molecule has 0 amide bonds. The molecule has 0 saturated carbocycles. The summed E-state index contributed by atoms with van der Waals surface area (Å²) in [6.45, 7) is 6.34. The van der Waals surface area contributed by atoms with Crippen LogP contribution in [0, 0.1) is 0 Å². The number of hydrogen-bond donors (Lipinski definition) is 0. The smallest absolute Gasteiger partial charge is 0.306 e. The van der Waals surface area contributed by atoms with Crippen molar-refractivity contribution in [2.75, 3.05) is 13.2 Å². The van der Waals surface area contributed by atoms with Gasteiger partial charge < -0.3 is 14.2 Å². The molecule has 0 aromatic carbocycles. The molecule has 0 N–H and O–H groups in total. The molecule has 0 fully saturated rings. The molecule has 0 radical (unpaired) electrons. The van der Waals surface area contributed by atoms with E-state index in [0.29, 0.717) is 12.8 Å². The molecule has 0 bridgehead atoms. The lowest BCUT2D eigenvalue weighted by Crippen LogP contribution is -2.30. The van der Waals surface area contributed by atoms with Crippen molar-refractivity contribution in [2.24, 2.45) is 0 Å². The number of unbranched alkanes of at least 4 members (excludes halogenated alkanes) is 17. The van der Waals surface area contributed by atoms with E-state index in [1.807, 2.05) is 0 Å². The Morgan fingerprint density at radius 1 is 0.253 bits per heavy atom. The van der Waals surface area contributed by atoms with Gasteiger partial charge in [-0.05, 0) is 161 Å². The summed E-state index contributed by atoms with van der Waals surface area (Å²) in [4.78, 5) is 38.3. The van der Waals surface area contributed by atoms with Crippen molar-refractivity contribution in [2.45, 2.75) is 271 Å². The average molecular weight is 1140 g/mol.